The number of hydrogen-bond acceptors (Lipinski definition) is 3. The van der Waals surface area contributed by atoms with Gasteiger partial charge < -0.3 is 10.1 Å². The molecular formula is C17H16ClNO3. The lowest BCUT2D eigenvalue weighted by molar-refractivity contribution is 0.0600. The molecule has 0 saturated carbocycles. The van der Waals surface area contributed by atoms with Gasteiger partial charge in [-0.05, 0) is 43.7 Å². The third-order valence-electron chi connectivity index (χ3n) is 3.27. The molecular weight excluding hydrogens is 302 g/mol. The second-order valence-corrected chi connectivity index (χ2v) is 5.37. The molecule has 0 fully saturated rings. The van der Waals surface area contributed by atoms with Crippen molar-refractivity contribution in [3.8, 4) is 0 Å². The largest absolute Gasteiger partial charge is 0.465 e. The Hall–Kier alpha value is -2.33. The van der Waals surface area contributed by atoms with Crippen LogP contribution >= 0.6 is 11.6 Å². The molecule has 2 aromatic carbocycles. The molecule has 0 aliphatic rings. The van der Waals surface area contributed by atoms with Gasteiger partial charge in [-0.3, -0.25) is 4.79 Å². The van der Waals surface area contributed by atoms with Crippen LogP contribution in [0, 0.1) is 13.8 Å². The standard InChI is InChI=1S/C17H16ClNO3/c1-10-4-5-11(2)13(8-10)16(20)19-12-6-7-15(18)14(9-12)17(21)22-3/h4-9H,1-3H3,(H,19,20). The van der Waals surface area contributed by atoms with Crippen molar-refractivity contribution in [1.29, 1.82) is 0 Å². The SMILES string of the molecule is COC(=O)c1cc(NC(=O)c2cc(C)ccc2C)ccc1Cl. The highest BCUT2D eigenvalue weighted by molar-refractivity contribution is 6.33. The number of esters is 1. The molecule has 0 aromatic heterocycles. The van der Waals surface area contributed by atoms with Gasteiger partial charge in [0, 0.05) is 11.3 Å². The molecule has 5 heteroatoms. The Morgan fingerprint density at radius 2 is 1.77 bits per heavy atom. The first-order valence-electron chi connectivity index (χ1n) is 6.69. The zero-order valence-electron chi connectivity index (χ0n) is 12.6. The topological polar surface area (TPSA) is 55.4 Å². The molecule has 0 saturated heterocycles. The van der Waals surface area contributed by atoms with Crippen LogP contribution in [-0.4, -0.2) is 19.0 Å². The number of anilines is 1. The number of rotatable bonds is 3. The van der Waals surface area contributed by atoms with Crippen molar-refractivity contribution in [1.82, 2.24) is 0 Å². The summed E-state index contributed by atoms with van der Waals surface area (Å²) >= 11 is 5.96. The lowest BCUT2D eigenvalue weighted by atomic mass is 10.0. The summed E-state index contributed by atoms with van der Waals surface area (Å²) in [4.78, 5) is 24.0. The number of amides is 1. The van der Waals surface area contributed by atoms with E-state index in [2.05, 4.69) is 10.1 Å². The first-order chi connectivity index (χ1) is 10.4. The average molecular weight is 318 g/mol. The minimum absolute atomic E-state index is 0.211. The van der Waals surface area contributed by atoms with Crippen molar-refractivity contribution >= 4 is 29.2 Å². The summed E-state index contributed by atoms with van der Waals surface area (Å²) < 4.78 is 4.66. The van der Waals surface area contributed by atoms with E-state index in [1.54, 1.807) is 12.1 Å². The van der Waals surface area contributed by atoms with Crippen molar-refractivity contribution in [3.63, 3.8) is 0 Å². The van der Waals surface area contributed by atoms with Gasteiger partial charge in [0.25, 0.3) is 5.91 Å². The Balaban J connectivity index is 2.29. The Morgan fingerprint density at radius 1 is 1.05 bits per heavy atom. The Labute approximate surface area is 134 Å². The van der Waals surface area contributed by atoms with E-state index < -0.39 is 5.97 Å². The van der Waals surface area contributed by atoms with Gasteiger partial charge in [0.15, 0.2) is 0 Å². The zero-order valence-corrected chi connectivity index (χ0v) is 13.3. The summed E-state index contributed by atoms with van der Waals surface area (Å²) in [5.41, 5.74) is 3.17. The minimum Gasteiger partial charge on any atom is -0.465 e. The predicted octanol–water partition coefficient (Wildman–Crippen LogP) is 4.00. The number of benzene rings is 2. The van der Waals surface area contributed by atoms with Gasteiger partial charge in [0.05, 0.1) is 17.7 Å². The van der Waals surface area contributed by atoms with Gasteiger partial charge in [0.2, 0.25) is 0 Å². The van der Waals surface area contributed by atoms with Crippen LogP contribution in [0.2, 0.25) is 5.02 Å². The van der Waals surface area contributed by atoms with E-state index in [1.807, 2.05) is 32.0 Å². The van der Waals surface area contributed by atoms with Gasteiger partial charge >= 0.3 is 5.97 Å². The molecule has 4 nitrogen and oxygen atoms in total. The number of ether oxygens (including phenoxy) is 1. The van der Waals surface area contributed by atoms with Crippen LogP contribution in [0.5, 0.6) is 0 Å². The maximum absolute atomic E-state index is 12.4. The monoisotopic (exact) mass is 317 g/mol. The summed E-state index contributed by atoms with van der Waals surface area (Å²) in [6.07, 6.45) is 0. The summed E-state index contributed by atoms with van der Waals surface area (Å²) in [5, 5.41) is 3.04. The average Bonchev–Trinajstić information content (AvgIpc) is 2.50. The molecule has 0 spiro atoms. The molecule has 1 amide bonds. The van der Waals surface area contributed by atoms with Crippen LogP contribution in [0.3, 0.4) is 0 Å². The number of hydrogen-bond donors (Lipinski definition) is 1. The number of aryl methyl sites for hydroxylation is 2. The number of carbonyl (C=O) groups excluding carboxylic acids is 2. The van der Waals surface area contributed by atoms with Crippen LogP contribution in [-0.2, 0) is 4.74 Å². The zero-order chi connectivity index (χ0) is 16.3. The molecule has 0 aliphatic heterocycles. The molecule has 114 valence electrons. The van der Waals surface area contributed by atoms with Crippen LogP contribution < -0.4 is 5.32 Å². The van der Waals surface area contributed by atoms with E-state index in [-0.39, 0.29) is 16.5 Å². The van der Waals surface area contributed by atoms with Crippen molar-refractivity contribution in [2.24, 2.45) is 0 Å². The van der Waals surface area contributed by atoms with Gasteiger partial charge in [-0.2, -0.15) is 0 Å². The molecule has 1 N–H and O–H groups in total. The Morgan fingerprint density at radius 3 is 2.45 bits per heavy atom. The molecule has 0 atom stereocenters. The van der Waals surface area contributed by atoms with E-state index >= 15 is 0 Å². The van der Waals surface area contributed by atoms with Gasteiger partial charge in [-0.15, -0.1) is 0 Å². The van der Waals surface area contributed by atoms with Crippen molar-refractivity contribution in [2.45, 2.75) is 13.8 Å². The van der Waals surface area contributed by atoms with E-state index in [9.17, 15) is 9.59 Å². The van der Waals surface area contributed by atoms with Crippen LogP contribution in [0.15, 0.2) is 36.4 Å². The van der Waals surface area contributed by atoms with E-state index in [1.165, 1.54) is 13.2 Å². The Kier molecular flexibility index (Phi) is 4.83. The van der Waals surface area contributed by atoms with Crippen LogP contribution in [0.1, 0.15) is 31.8 Å². The molecule has 0 radical (unpaired) electrons. The molecule has 0 unspecified atom stereocenters. The molecule has 2 rings (SSSR count). The van der Waals surface area contributed by atoms with Gasteiger partial charge in [-0.1, -0.05) is 29.3 Å². The second kappa shape index (κ2) is 6.62. The fourth-order valence-corrected chi connectivity index (χ4v) is 2.24. The van der Waals surface area contributed by atoms with Crippen molar-refractivity contribution < 1.29 is 14.3 Å². The van der Waals surface area contributed by atoms with Gasteiger partial charge in [0.1, 0.15) is 0 Å². The molecule has 0 bridgehead atoms. The smallest absolute Gasteiger partial charge is 0.339 e. The summed E-state index contributed by atoms with van der Waals surface area (Å²) in [7, 11) is 1.28. The van der Waals surface area contributed by atoms with Crippen molar-refractivity contribution in [2.75, 3.05) is 12.4 Å². The minimum atomic E-state index is -0.548. The highest BCUT2D eigenvalue weighted by atomic mass is 35.5. The van der Waals surface area contributed by atoms with Crippen LogP contribution in [0.4, 0.5) is 5.69 Å². The second-order valence-electron chi connectivity index (χ2n) is 4.96. The van der Waals surface area contributed by atoms with Crippen molar-refractivity contribution in [3.05, 3.63) is 63.7 Å². The highest BCUT2D eigenvalue weighted by Crippen LogP contribution is 2.22. The third kappa shape index (κ3) is 3.46. The fourth-order valence-electron chi connectivity index (χ4n) is 2.05. The fraction of sp³-hybridized carbons (Fsp3) is 0.176. The predicted molar refractivity (Wildman–Crippen MR) is 86.7 cm³/mol. The molecule has 0 aliphatic carbocycles. The summed E-state index contributed by atoms with van der Waals surface area (Å²) in [6, 6.07) is 10.3. The lowest BCUT2D eigenvalue weighted by Gasteiger charge is -2.10. The van der Waals surface area contributed by atoms with Crippen LogP contribution in [0.25, 0.3) is 0 Å². The van der Waals surface area contributed by atoms with E-state index in [0.29, 0.717) is 11.3 Å². The first-order valence-corrected chi connectivity index (χ1v) is 7.06. The Bertz CT molecular complexity index is 741. The van der Waals surface area contributed by atoms with E-state index in [4.69, 9.17) is 11.6 Å². The first kappa shape index (κ1) is 16.0. The quantitative estimate of drug-likeness (QED) is 0.871. The molecule has 2 aromatic rings. The molecule has 22 heavy (non-hydrogen) atoms. The maximum atomic E-state index is 12.4. The number of methoxy groups -OCH3 is 1. The molecule has 0 heterocycles. The normalized spacial score (nSPS) is 10.2. The summed E-state index contributed by atoms with van der Waals surface area (Å²) in [6.45, 7) is 3.80. The number of carbonyl (C=O) groups is 2. The third-order valence-corrected chi connectivity index (χ3v) is 3.60. The van der Waals surface area contributed by atoms with Gasteiger partial charge in [-0.25, -0.2) is 4.79 Å². The number of nitrogens with one attached hydrogen (secondary N) is 1. The van der Waals surface area contributed by atoms with E-state index in [0.717, 1.165) is 11.1 Å². The summed E-state index contributed by atoms with van der Waals surface area (Å²) in [5.74, 6) is -0.785. The lowest BCUT2D eigenvalue weighted by Crippen LogP contribution is -2.14. The highest BCUT2D eigenvalue weighted by Gasteiger charge is 2.14. The maximum Gasteiger partial charge on any atom is 0.339 e. The number of halogens is 1.